The van der Waals surface area contributed by atoms with Gasteiger partial charge in [0.05, 0.1) is 0 Å². The molecule has 0 amide bonds. The molecule has 0 aromatic carbocycles. The number of nitrogens with one attached hydrogen (secondary N) is 1. The van der Waals surface area contributed by atoms with Crippen molar-refractivity contribution in [2.75, 3.05) is 27.3 Å². The van der Waals surface area contributed by atoms with Gasteiger partial charge >= 0.3 is 0 Å². The van der Waals surface area contributed by atoms with E-state index >= 15 is 0 Å². The van der Waals surface area contributed by atoms with Gasteiger partial charge in [-0.3, -0.25) is 0 Å². The summed E-state index contributed by atoms with van der Waals surface area (Å²) in [6.45, 7) is 4.11. The van der Waals surface area contributed by atoms with Gasteiger partial charge in [-0.1, -0.05) is 51.9 Å². The fourth-order valence-electron chi connectivity index (χ4n) is 1.87. The Labute approximate surface area is 119 Å². The van der Waals surface area contributed by atoms with E-state index in [1.54, 1.807) is 14.2 Å². The molecule has 0 bridgehead atoms. The van der Waals surface area contributed by atoms with Crippen molar-refractivity contribution < 1.29 is 9.47 Å². The maximum Gasteiger partial charge on any atom is 0.169 e. The first-order chi connectivity index (χ1) is 8.35. The summed E-state index contributed by atoms with van der Waals surface area (Å²) in [4.78, 5) is 0. The molecule has 0 spiro atoms. The maximum absolute atomic E-state index is 5.10. The van der Waals surface area contributed by atoms with Crippen LogP contribution in [-0.4, -0.2) is 33.6 Å². The first kappa shape index (κ1) is 20.5. The average molecular weight is 282 g/mol. The molecule has 0 rings (SSSR count). The maximum atomic E-state index is 5.10. The minimum Gasteiger partial charge on any atom is -0.355 e. The highest BCUT2D eigenvalue weighted by Crippen LogP contribution is 2.07. The van der Waals surface area contributed by atoms with E-state index < -0.39 is 0 Å². The van der Waals surface area contributed by atoms with Gasteiger partial charge in [-0.2, -0.15) is 0 Å². The molecule has 3 nitrogen and oxygen atoms in total. The molecule has 0 saturated carbocycles. The van der Waals surface area contributed by atoms with Crippen LogP contribution < -0.4 is 5.32 Å². The molecule has 112 valence electrons. The molecule has 0 fully saturated rings. The van der Waals surface area contributed by atoms with Crippen molar-refractivity contribution in [1.29, 1.82) is 0 Å². The van der Waals surface area contributed by atoms with E-state index in [0.717, 1.165) is 13.1 Å². The zero-order valence-corrected chi connectivity index (χ0v) is 13.2. The van der Waals surface area contributed by atoms with Gasteiger partial charge < -0.3 is 14.8 Å². The Morgan fingerprint density at radius 1 is 0.833 bits per heavy atom. The van der Waals surface area contributed by atoms with Gasteiger partial charge in [-0.15, -0.1) is 12.4 Å². The van der Waals surface area contributed by atoms with Crippen molar-refractivity contribution in [2.45, 2.75) is 64.6 Å². The van der Waals surface area contributed by atoms with Gasteiger partial charge in [0.1, 0.15) is 0 Å². The van der Waals surface area contributed by atoms with E-state index in [0.29, 0.717) is 0 Å². The molecule has 0 aliphatic rings. The molecule has 0 aromatic rings. The normalized spacial score (nSPS) is 10.7. The Balaban J connectivity index is 0. The Hall–Kier alpha value is 0.170. The van der Waals surface area contributed by atoms with Crippen LogP contribution in [0.3, 0.4) is 0 Å². The van der Waals surface area contributed by atoms with Crippen LogP contribution in [0.5, 0.6) is 0 Å². The Morgan fingerprint density at radius 2 is 1.33 bits per heavy atom. The smallest absolute Gasteiger partial charge is 0.169 e. The van der Waals surface area contributed by atoms with Crippen LogP contribution in [0.1, 0.15) is 58.3 Å². The fourth-order valence-corrected chi connectivity index (χ4v) is 1.87. The number of unbranched alkanes of at least 4 members (excludes halogenated alkanes) is 7. The number of halogens is 1. The summed E-state index contributed by atoms with van der Waals surface area (Å²) in [5, 5.41) is 3.35. The number of methoxy groups -OCH3 is 2. The zero-order chi connectivity index (χ0) is 12.8. The number of rotatable bonds is 13. The van der Waals surface area contributed by atoms with Gasteiger partial charge in [-0.25, -0.2) is 0 Å². The highest BCUT2D eigenvalue weighted by atomic mass is 35.5. The van der Waals surface area contributed by atoms with Crippen LogP contribution in [0.4, 0.5) is 0 Å². The summed E-state index contributed by atoms with van der Waals surface area (Å²) in [6, 6.07) is 0. The summed E-state index contributed by atoms with van der Waals surface area (Å²) in [5.74, 6) is 0. The van der Waals surface area contributed by atoms with Crippen LogP contribution in [0.2, 0.25) is 0 Å². The third kappa shape index (κ3) is 14.2. The summed E-state index contributed by atoms with van der Waals surface area (Å²) in [7, 11) is 3.35. The van der Waals surface area contributed by atoms with Gasteiger partial charge in [0, 0.05) is 20.8 Å². The molecule has 0 saturated heterocycles. The lowest BCUT2D eigenvalue weighted by atomic mass is 10.1. The van der Waals surface area contributed by atoms with Crippen LogP contribution in [0, 0.1) is 0 Å². The molecular formula is C14H32ClNO2. The van der Waals surface area contributed by atoms with Crippen molar-refractivity contribution in [3.63, 3.8) is 0 Å². The molecule has 0 aliphatic heterocycles. The lowest BCUT2D eigenvalue weighted by Crippen LogP contribution is -2.30. The van der Waals surface area contributed by atoms with E-state index in [1.807, 2.05) is 0 Å². The molecule has 18 heavy (non-hydrogen) atoms. The van der Waals surface area contributed by atoms with Crippen molar-refractivity contribution >= 4 is 12.4 Å². The topological polar surface area (TPSA) is 30.5 Å². The first-order valence-electron chi connectivity index (χ1n) is 7.11. The van der Waals surface area contributed by atoms with E-state index in [1.165, 1.54) is 51.4 Å². The van der Waals surface area contributed by atoms with E-state index in [2.05, 4.69) is 12.2 Å². The van der Waals surface area contributed by atoms with E-state index in [4.69, 9.17) is 9.47 Å². The predicted octanol–water partition coefficient (Wildman–Crippen LogP) is 3.76. The van der Waals surface area contributed by atoms with Crippen LogP contribution in [0.15, 0.2) is 0 Å². The number of hydrogen-bond donors (Lipinski definition) is 1. The SMILES string of the molecule is CCCCCCCCCCNCC(OC)OC.Cl. The summed E-state index contributed by atoms with van der Waals surface area (Å²) >= 11 is 0. The Bertz CT molecular complexity index is 144. The molecule has 0 aromatic heterocycles. The highest BCUT2D eigenvalue weighted by molar-refractivity contribution is 5.85. The third-order valence-electron chi connectivity index (χ3n) is 3.04. The number of ether oxygens (including phenoxy) is 2. The van der Waals surface area contributed by atoms with Crippen LogP contribution in [0.25, 0.3) is 0 Å². The van der Waals surface area contributed by atoms with Crippen molar-refractivity contribution in [3.05, 3.63) is 0 Å². The van der Waals surface area contributed by atoms with Gasteiger partial charge in [-0.05, 0) is 13.0 Å². The molecule has 1 N–H and O–H groups in total. The Kier molecular flexibility index (Phi) is 19.5. The highest BCUT2D eigenvalue weighted by Gasteiger charge is 2.02. The van der Waals surface area contributed by atoms with Gasteiger partial charge in [0.25, 0.3) is 0 Å². The molecule has 4 heteroatoms. The molecule has 0 atom stereocenters. The molecular weight excluding hydrogens is 250 g/mol. The molecule has 0 radical (unpaired) electrons. The van der Waals surface area contributed by atoms with Gasteiger partial charge in [0.2, 0.25) is 0 Å². The minimum atomic E-state index is -0.107. The second-order valence-corrected chi connectivity index (χ2v) is 4.58. The average Bonchev–Trinajstić information content (AvgIpc) is 2.36. The summed E-state index contributed by atoms with van der Waals surface area (Å²) in [5.41, 5.74) is 0. The minimum absolute atomic E-state index is 0. The second-order valence-electron chi connectivity index (χ2n) is 4.58. The quantitative estimate of drug-likeness (QED) is 0.412. The van der Waals surface area contributed by atoms with E-state index in [-0.39, 0.29) is 18.7 Å². The van der Waals surface area contributed by atoms with Crippen molar-refractivity contribution in [1.82, 2.24) is 5.32 Å². The predicted molar refractivity (Wildman–Crippen MR) is 80.5 cm³/mol. The molecule has 0 unspecified atom stereocenters. The fraction of sp³-hybridized carbons (Fsp3) is 1.00. The van der Waals surface area contributed by atoms with Crippen molar-refractivity contribution in [3.8, 4) is 0 Å². The van der Waals surface area contributed by atoms with Crippen LogP contribution in [-0.2, 0) is 9.47 Å². The van der Waals surface area contributed by atoms with E-state index in [9.17, 15) is 0 Å². The Morgan fingerprint density at radius 3 is 1.83 bits per heavy atom. The standard InChI is InChI=1S/C14H31NO2.ClH/c1-4-5-6-7-8-9-10-11-12-15-13-14(16-2)17-3;/h14-15H,4-13H2,1-3H3;1H. The first-order valence-corrected chi connectivity index (χ1v) is 7.11. The number of hydrogen-bond acceptors (Lipinski definition) is 3. The largest absolute Gasteiger partial charge is 0.355 e. The molecule has 0 aliphatic carbocycles. The summed E-state index contributed by atoms with van der Waals surface area (Å²) in [6.07, 6.45) is 10.8. The monoisotopic (exact) mass is 281 g/mol. The zero-order valence-electron chi connectivity index (χ0n) is 12.4. The van der Waals surface area contributed by atoms with Crippen molar-refractivity contribution in [2.24, 2.45) is 0 Å². The van der Waals surface area contributed by atoms with Crippen LogP contribution >= 0.6 is 12.4 Å². The third-order valence-corrected chi connectivity index (χ3v) is 3.04. The lowest BCUT2D eigenvalue weighted by Gasteiger charge is -2.13. The lowest BCUT2D eigenvalue weighted by molar-refractivity contribution is -0.0986. The summed E-state index contributed by atoms with van der Waals surface area (Å²) < 4.78 is 10.2. The van der Waals surface area contributed by atoms with Gasteiger partial charge in [0.15, 0.2) is 6.29 Å². The second kappa shape index (κ2) is 17.2. The molecule has 0 heterocycles.